The summed E-state index contributed by atoms with van der Waals surface area (Å²) in [6, 6.07) is 12.4. The Labute approximate surface area is 122 Å². The van der Waals surface area contributed by atoms with E-state index in [2.05, 4.69) is 12.1 Å². The van der Waals surface area contributed by atoms with Crippen LogP contribution in [-0.2, 0) is 6.54 Å². The van der Waals surface area contributed by atoms with Gasteiger partial charge in [0.2, 0.25) is 0 Å². The molecular formula is C16H15N3S. The molecule has 0 saturated carbocycles. The van der Waals surface area contributed by atoms with Gasteiger partial charge in [-0.2, -0.15) is 5.26 Å². The number of rotatable bonds is 1. The highest BCUT2D eigenvalue weighted by Crippen LogP contribution is 2.29. The molecule has 1 N–H and O–H groups in total. The fourth-order valence-electron chi connectivity index (χ4n) is 2.46. The molecule has 0 spiro atoms. The molecule has 0 atom stereocenters. The molecule has 100 valence electrons. The van der Waals surface area contributed by atoms with Gasteiger partial charge in [-0.3, -0.25) is 5.41 Å². The minimum Gasteiger partial charge on any atom is -0.320 e. The van der Waals surface area contributed by atoms with E-state index in [9.17, 15) is 5.26 Å². The number of hydrogen-bond donors (Lipinski definition) is 1. The number of pyridine rings is 1. The zero-order chi connectivity index (χ0) is 14.1. The summed E-state index contributed by atoms with van der Waals surface area (Å²) in [6.45, 7) is 2.88. The lowest BCUT2D eigenvalue weighted by atomic mass is 10.0. The minimum atomic E-state index is 0.341. The Morgan fingerprint density at radius 2 is 2.05 bits per heavy atom. The molecule has 20 heavy (non-hydrogen) atoms. The normalized spacial score (nSPS) is 13.6. The molecule has 1 aromatic carbocycles. The molecule has 0 amide bonds. The number of nitrogens with zero attached hydrogens (tertiary/aromatic N) is 2. The predicted molar refractivity (Wildman–Crippen MR) is 80.5 cm³/mol. The molecule has 3 nitrogen and oxygen atoms in total. The van der Waals surface area contributed by atoms with Gasteiger partial charge in [-0.1, -0.05) is 29.8 Å². The highest BCUT2D eigenvalue weighted by molar-refractivity contribution is 7.99. The molecule has 2 heterocycles. The van der Waals surface area contributed by atoms with Gasteiger partial charge in [-0.05, 0) is 25.0 Å². The third-order valence-corrected chi connectivity index (χ3v) is 4.69. The number of hydrogen-bond acceptors (Lipinski definition) is 3. The second-order valence-corrected chi connectivity index (χ2v) is 6.07. The molecule has 0 saturated heterocycles. The van der Waals surface area contributed by atoms with Crippen molar-refractivity contribution in [1.29, 1.82) is 10.7 Å². The second kappa shape index (κ2) is 5.18. The number of nitriles is 1. The lowest BCUT2D eigenvalue weighted by Crippen LogP contribution is -2.27. The van der Waals surface area contributed by atoms with Crippen LogP contribution in [0.5, 0.6) is 0 Å². The number of aromatic nitrogens is 1. The average Bonchev–Trinajstić information content (AvgIpc) is 2.48. The molecule has 0 aliphatic carbocycles. The van der Waals surface area contributed by atoms with Crippen LogP contribution >= 0.6 is 11.8 Å². The number of nitrogens with one attached hydrogen (secondary N) is 1. The summed E-state index contributed by atoms with van der Waals surface area (Å²) in [6.07, 6.45) is 1.06. The second-order valence-electron chi connectivity index (χ2n) is 4.95. The summed E-state index contributed by atoms with van der Waals surface area (Å²) >= 11 is 1.77. The average molecular weight is 281 g/mol. The van der Waals surface area contributed by atoms with Gasteiger partial charge in [-0.25, -0.2) is 0 Å². The van der Waals surface area contributed by atoms with E-state index in [1.807, 2.05) is 35.8 Å². The molecule has 0 fully saturated rings. The van der Waals surface area contributed by atoms with Crippen LogP contribution in [0.3, 0.4) is 0 Å². The van der Waals surface area contributed by atoms with Gasteiger partial charge in [0.05, 0.1) is 5.03 Å². The zero-order valence-corrected chi connectivity index (χ0v) is 12.1. The molecule has 1 aliphatic rings. The van der Waals surface area contributed by atoms with Crippen molar-refractivity contribution in [3.8, 4) is 17.2 Å². The largest absolute Gasteiger partial charge is 0.320 e. The van der Waals surface area contributed by atoms with Gasteiger partial charge in [-0.15, -0.1) is 11.8 Å². The standard InChI is InChI=1S/C16H15N3S/c1-11-3-5-12(6-4-11)13-9-15-19(7-2-8-20-15)16(18)14(13)10-17/h3-6,9,18H,2,7-8H2,1H3. The van der Waals surface area contributed by atoms with E-state index in [1.165, 1.54) is 5.56 Å². The summed E-state index contributed by atoms with van der Waals surface area (Å²) in [5.41, 5.74) is 3.89. The van der Waals surface area contributed by atoms with Gasteiger partial charge in [0.15, 0.2) is 0 Å². The van der Waals surface area contributed by atoms with Gasteiger partial charge in [0.1, 0.15) is 17.1 Å². The Kier molecular flexibility index (Phi) is 3.37. The molecule has 1 aliphatic heterocycles. The lowest BCUT2D eigenvalue weighted by Gasteiger charge is -2.20. The Bertz CT molecular complexity index is 751. The van der Waals surface area contributed by atoms with Gasteiger partial charge in [0.25, 0.3) is 0 Å². The van der Waals surface area contributed by atoms with Crippen LogP contribution in [0.2, 0.25) is 0 Å². The van der Waals surface area contributed by atoms with Gasteiger partial charge >= 0.3 is 0 Å². The highest BCUT2D eigenvalue weighted by Gasteiger charge is 2.16. The smallest absolute Gasteiger partial charge is 0.144 e. The Balaban J connectivity index is 2.25. The first-order valence-corrected chi connectivity index (χ1v) is 7.61. The maximum absolute atomic E-state index is 9.43. The summed E-state index contributed by atoms with van der Waals surface area (Å²) in [4.78, 5) is 0. The molecule has 0 bridgehead atoms. The van der Waals surface area contributed by atoms with Crippen molar-refractivity contribution in [3.63, 3.8) is 0 Å². The number of thioether (sulfide) groups is 1. The van der Waals surface area contributed by atoms with Crippen molar-refractivity contribution in [3.05, 3.63) is 46.9 Å². The van der Waals surface area contributed by atoms with Crippen LogP contribution in [0.1, 0.15) is 17.5 Å². The predicted octanol–water partition coefficient (Wildman–Crippen LogP) is 3.31. The third-order valence-electron chi connectivity index (χ3n) is 3.56. The van der Waals surface area contributed by atoms with E-state index in [-0.39, 0.29) is 0 Å². The Hall–Kier alpha value is -1.99. The van der Waals surface area contributed by atoms with Crippen LogP contribution in [0.15, 0.2) is 35.4 Å². The number of aryl methyl sites for hydroxylation is 1. The van der Waals surface area contributed by atoms with Crippen molar-refractivity contribution in [2.24, 2.45) is 0 Å². The topological polar surface area (TPSA) is 52.6 Å². The van der Waals surface area contributed by atoms with Crippen molar-refractivity contribution < 1.29 is 0 Å². The lowest BCUT2D eigenvalue weighted by molar-refractivity contribution is 0.575. The van der Waals surface area contributed by atoms with E-state index in [1.54, 1.807) is 11.8 Å². The summed E-state index contributed by atoms with van der Waals surface area (Å²) < 4.78 is 1.95. The summed E-state index contributed by atoms with van der Waals surface area (Å²) in [5.74, 6) is 1.08. The zero-order valence-electron chi connectivity index (χ0n) is 11.3. The minimum absolute atomic E-state index is 0.341. The fourth-order valence-corrected chi connectivity index (χ4v) is 3.48. The molecule has 3 rings (SSSR count). The van der Waals surface area contributed by atoms with E-state index >= 15 is 0 Å². The Morgan fingerprint density at radius 1 is 1.30 bits per heavy atom. The maximum Gasteiger partial charge on any atom is 0.144 e. The van der Waals surface area contributed by atoms with Crippen molar-refractivity contribution in [1.82, 2.24) is 4.57 Å². The van der Waals surface area contributed by atoms with Crippen LogP contribution in [0.25, 0.3) is 11.1 Å². The summed E-state index contributed by atoms with van der Waals surface area (Å²) in [7, 11) is 0. The quantitative estimate of drug-likeness (QED) is 0.872. The van der Waals surface area contributed by atoms with Crippen molar-refractivity contribution in [2.75, 3.05) is 5.75 Å². The SMILES string of the molecule is Cc1ccc(-c2cc3n(c(=N)c2C#N)CCCS3)cc1. The number of fused-ring (bicyclic) bond motifs is 1. The van der Waals surface area contributed by atoms with Crippen molar-refractivity contribution >= 4 is 11.8 Å². The Morgan fingerprint density at radius 3 is 2.75 bits per heavy atom. The molecular weight excluding hydrogens is 266 g/mol. The first-order valence-electron chi connectivity index (χ1n) is 6.63. The van der Waals surface area contributed by atoms with E-state index in [0.29, 0.717) is 11.1 Å². The van der Waals surface area contributed by atoms with E-state index < -0.39 is 0 Å². The maximum atomic E-state index is 9.43. The van der Waals surface area contributed by atoms with Gasteiger partial charge in [0, 0.05) is 17.9 Å². The van der Waals surface area contributed by atoms with Crippen LogP contribution in [0.4, 0.5) is 0 Å². The van der Waals surface area contributed by atoms with Crippen LogP contribution in [0, 0.1) is 23.7 Å². The highest BCUT2D eigenvalue weighted by atomic mass is 32.2. The summed E-state index contributed by atoms with van der Waals surface area (Å²) in [5, 5.41) is 18.8. The van der Waals surface area contributed by atoms with Crippen LogP contribution < -0.4 is 5.49 Å². The third kappa shape index (κ3) is 2.14. The number of benzene rings is 1. The molecule has 2 aromatic rings. The van der Waals surface area contributed by atoms with Gasteiger partial charge < -0.3 is 4.57 Å². The van der Waals surface area contributed by atoms with Crippen molar-refractivity contribution in [2.45, 2.75) is 24.9 Å². The molecule has 1 aromatic heterocycles. The molecule has 0 unspecified atom stereocenters. The monoisotopic (exact) mass is 281 g/mol. The van der Waals surface area contributed by atoms with Crippen LogP contribution in [-0.4, -0.2) is 10.3 Å². The fraction of sp³-hybridized carbons (Fsp3) is 0.250. The molecule has 0 radical (unpaired) electrons. The molecule has 4 heteroatoms. The first kappa shape index (κ1) is 13.0. The first-order chi connectivity index (χ1) is 9.70. The van der Waals surface area contributed by atoms with E-state index in [4.69, 9.17) is 5.41 Å². The van der Waals surface area contributed by atoms with E-state index in [0.717, 1.165) is 34.9 Å².